The largest absolute Gasteiger partial charge is 0.391 e. The Bertz CT molecular complexity index is 793. The Morgan fingerprint density at radius 3 is 2.36 bits per heavy atom. The van der Waals surface area contributed by atoms with Gasteiger partial charge in [-0.3, -0.25) is 19.8 Å². The highest BCUT2D eigenvalue weighted by Crippen LogP contribution is 2.05. The van der Waals surface area contributed by atoms with Gasteiger partial charge in [0.2, 0.25) is 0 Å². The molecule has 2 aromatic rings. The van der Waals surface area contributed by atoms with Crippen molar-refractivity contribution in [3.63, 3.8) is 0 Å². The number of aliphatic hydroxyl groups excluding tert-OH is 1. The van der Waals surface area contributed by atoms with Gasteiger partial charge in [-0.05, 0) is 43.3 Å². The van der Waals surface area contributed by atoms with Crippen LogP contribution in [0.1, 0.15) is 28.4 Å². The molecule has 0 unspecified atom stereocenters. The molecule has 0 aliphatic rings. The minimum atomic E-state index is -1.26. The number of aliphatic hydroxyl groups is 1. The molecule has 0 aliphatic heterocycles. The maximum absolute atomic E-state index is 12.1. The number of hydrogen-bond acceptors (Lipinski definition) is 5. The zero-order valence-corrected chi connectivity index (χ0v) is 13.4. The molecule has 128 valence electrons. The highest BCUT2D eigenvalue weighted by molar-refractivity contribution is 5.97. The first-order chi connectivity index (χ1) is 12.0. The van der Waals surface area contributed by atoms with E-state index in [2.05, 4.69) is 22.1 Å². The zero-order chi connectivity index (χ0) is 18.2. The summed E-state index contributed by atoms with van der Waals surface area (Å²) in [6.45, 7) is 1.33. The van der Waals surface area contributed by atoms with Gasteiger partial charge in [-0.15, -0.1) is 0 Å². The van der Waals surface area contributed by atoms with Crippen LogP contribution >= 0.6 is 0 Å². The van der Waals surface area contributed by atoms with E-state index in [4.69, 9.17) is 5.21 Å². The molecule has 0 fully saturated rings. The van der Waals surface area contributed by atoms with E-state index < -0.39 is 24.0 Å². The fourth-order valence-electron chi connectivity index (χ4n) is 1.99. The quantitative estimate of drug-likeness (QED) is 0.367. The van der Waals surface area contributed by atoms with Gasteiger partial charge in [-0.2, -0.15) is 0 Å². The molecule has 1 heterocycles. The summed E-state index contributed by atoms with van der Waals surface area (Å²) in [4.78, 5) is 27.5. The Morgan fingerprint density at radius 2 is 1.80 bits per heavy atom. The van der Waals surface area contributed by atoms with Gasteiger partial charge in [-0.1, -0.05) is 11.8 Å². The summed E-state index contributed by atoms with van der Waals surface area (Å²) in [7, 11) is 0. The minimum Gasteiger partial charge on any atom is -0.391 e. The Balaban J connectivity index is 2.07. The van der Waals surface area contributed by atoms with Crippen molar-refractivity contribution >= 4 is 11.8 Å². The number of aromatic nitrogens is 1. The Hall–Kier alpha value is -3.21. The first-order valence-corrected chi connectivity index (χ1v) is 7.46. The van der Waals surface area contributed by atoms with Crippen LogP contribution in [-0.2, 0) is 4.79 Å². The molecule has 25 heavy (non-hydrogen) atoms. The van der Waals surface area contributed by atoms with Gasteiger partial charge in [0.1, 0.15) is 6.04 Å². The standard InChI is InChI=1S/C18H17N3O4/c1-12(22)16(18(24)21-25)20-17(23)15-8-6-13(7-9-15)4-5-14-3-2-10-19-11-14/h2-3,6-12,16,22,25H,1H3,(H,20,23)(H,21,24)/t12-,16+/m1/s1. The van der Waals surface area contributed by atoms with Gasteiger partial charge in [0.25, 0.3) is 11.8 Å². The van der Waals surface area contributed by atoms with Crippen molar-refractivity contribution in [2.75, 3.05) is 0 Å². The third kappa shape index (κ3) is 5.14. The summed E-state index contributed by atoms with van der Waals surface area (Å²) in [5, 5.41) is 20.5. The van der Waals surface area contributed by atoms with Gasteiger partial charge < -0.3 is 10.4 Å². The van der Waals surface area contributed by atoms with Crippen LogP contribution in [0.15, 0.2) is 48.8 Å². The number of carbonyl (C=O) groups is 2. The second-order valence-corrected chi connectivity index (χ2v) is 5.24. The second kappa shape index (κ2) is 8.59. The maximum atomic E-state index is 12.1. The first-order valence-electron chi connectivity index (χ1n) is 7.46. The van der Waals surface area contributed by atoms with Crippen LogP contribution in [0, 0.1) is 11.8 Å². The molecule has 2 rings (SSSR count). The van der Waals surface area contributed by atoms with E-state index in [-0.39, 0.29) is 0 Å². The molecule has 2 amide bonds. The van der Waals surface area contributed by atoms with Crippen molar-refractivity contribution < 1.29 is 19.9 Å². The van der Waals surface area contributed by atoms with Crippen molar-refractivity contribution in [3.8, 4) is 11.8 Å². The molecule has 7 nitrogen and oxygen atoms in total. The molecule has 0 bridgehead atoms. The number of amides is 2. The average Bonchev–Trinajstić information content (AvgIpc) is 2.64. The van der Waals surface area contributed by atoms with E-state index in [9.17, 15) is 14.7 Å². The summed E-state index contributed by atoms with van der Waals surface area (Å²) in [6, 6.07) is 8.81. The van der Waals surface area contributed by atoms with E-state index in [0.717, 1.165) is 5.56 Å². The van der Waals surface area contributed by atoms with Crippen LogP contribution in [0.3, 0.4) is 0 Å². The number of benzene rings is 1. The van der Waals surface area contributed by atoms with Crippen LogP contribution in [0.5, 0.6) is 0 Å². The van der Waals surface area contributed by atoms with Gasteiger partial charge in [0.15, 0.2) is 0 Å². The number of hydroxylamine groups is 1. The number of nitrogens with zero attached hydrogens (tertiary/aromatic N) is 1. The normalized spacial score (nSPS) is 12.3. The molecule has 0 radical (unpaired) electrons. The smallest absolute Gasteiger partial charge is 0.268 e. The molecule has 0 spiro atoms. The molecule has 4 N–H and O–H groups in total. The lowest BCUT2D eigenvalue weighted by atomic mass is 10.1. The van der Waals surface area contributed by atoms with Crippen LogP contribution in [0.25, 0.3) is 0 Å². The van der Waals surface area contributed by atoms with Crippen molar-refractivity contribution in [2.45, 2.75) is 19.1 Å². The van der Waals surface area contributed by atoms with Gasteiger partial charge >= 0.3 is 0 Å². The number of rotatable bonds is 4. The van der Waals surface area contributed by atoms with E-state index in [1.54, 1.807) is 42.7 Å². The summed E-state index contributed by atoms with van der Waals surface area (Å²) >= 11 is 0. The zero-order valence-electron chi connectivity index (χ0n) is 13.4. The maximum Gasteiger partial charge on any atom is 0.268 e. The molecule has 2 atom stereocenters. The molecular weight excluding hydrogens is 322 g/mol. The van der Waals surface area contributed by atoms with Crippen LogP contribution in [0.2, 0.25) is 0 Å². The highest BCUT2D eigenvalue weighted by atomic mass is 16.5. The molecule has 0 aliphatic carbocycles. The minimum absolute atomic E-state index is 0.295. The second-order valence-electron chi connectivity index (χ2n) is 5.24. The Kier molecular flexibility index (Phi) is 6.23. The van der Waals surface area contributed by atoms with Crippen LogP contribution in [-0.4, -0.2) is 39.3 Å². The van der Waals surface area contributed by atoms with Crippen LogP contribution < -0.4 is 10.8 Å². The summed E-state index contributed by atoms with van der Waals surface area (Å²) in [5.74, 6) is 4.45. The topological polar surface area (TPSA) is 112 Å². The van der Waals surface area contributed by atoms with Crippen molar-refractivity contribution in [1.82, 2.24) is 15.8 Å². The van der Waals surface area contributed by atoms with Gasteiger partial charge in [0.05, 0.1) is 6.10 Å². The molecular formula is C18H17N3O4. The summed E-state index contributed by atoms with van der Waals surface area (Å²) in [6.07, 6.45) is 2.15. The highest BCUT2D eigenvalue weighted by Gasteiger charge is 2.25. The number of hydrogen-bond donors (Lipinski definition) is 4. The Labute approximate surface area is 144 Å². The predicted octanol–water partition coefficient (Wildman–Crippen LogP) is 0.466. The first kappa shape index (κ1) is 18.1. The van der Waals surface area contributed by atoms with Crippen molar-refractivity contribution in [3.05, 3.63) is 65.5 Å². The fraction of sp³-hybridized carbons (Fsp3) is 0.167. The lowest BCUT2D eigenvalue weighted by molar-refractivity contribution is -0.133. The molecule has 7 heteroatoms. The lowest BCUT2D eigenvalue weighted by Crippen LogP contribution is -2.51. The SMILES string of the molecule is C[C@@H](O)[C@H](NC(=O)c1ccc(C#Cc2cccnc2)cc1)C(=O)NO. The van der Waals surface area contributed by atoms with E-state index in [1.807, 2.05) is 6.07 Å². The number of nitrogens with one attached hydrogen (secondary N) is 2. The van der Waals surface area contributed by atoms with Gasteiger partial charge in [-0.25, -0.2) is 5.48 Å². The molecule has 0 saturated carbocycles. The van der Waals surface area contributed by atoms with E-state index >= 15 is 0 Å². The third-order valence-corrected chi connectivity index (χ3v) is 3.32. The van der Waals surface area contributed by atoms with E-state index in [1.165, 1.54) is 12.4 Å². The Morgan fingerprint density at radius 1 is 1.12 bits per heavy atom. The van der Waals surface area contributed by atoms with Gasteiger partial charge in [0, 0.05) is 29.1 Å². The monoisotopic (exact) mass is 339 g/mol. The molecule has 1 aromatic carbocycles. The van der Waals surface area contributed by atoms with Crippen molar-refractivity contribution in [2.24, 2.45) is 0 Å². The molecule has 1 aromatic heterocycles. The van der Waals surface area contributed by atoms with Crippen LogP contribution in [0.4, 0.5) is 0 Å². The predicted molar refractivity (Wildman–Crippen MR) is 89.5 cm³/mol. The summed E-state index contributed by atoms with van der Waals surface area (Å²) < 4.78 is 0. The lowest BCUT2D eigenvalue weighted by Gasteiger charge is -2.19. The number of carbonyl (C=O) groups excluding carboxylic acids is 2. The average molecular weight is 339 g/mol. The summed E-state index contributed by atoms with van der Waals surface area (Å²) in [5.41, 5.74) is 3.19. The van der Waals surface area contributed by atoms with E-state index in [0.29, 0.717) is 11.1 Å². The molecule has 0 saturated heterocycles. The van der Waals surface area contributed by atoms with Crippen molar-refractivity contribution in [1.29, 1.82) is 0 Å². The fourth-order valence-corrected chi connectivity index (χ4v) is 1.99. The third-order valence-electron chi connectivity index (χ3n) is 3.32. The number of pyridine rings is 1.